The normalized spacial score (nSPS) is 28.9. The van der Waals surface area contributed by atoms with Gasteiger partial charge in [-0.2, -0.15) is 0 Å². The van der Waals surface area contributed by atoms with Crippen molar-refractivity contribution in [2.24, 2.45) is 5.92 Å². The summed E-state index contributed by atoms with van der Waals surface area (Å²) in [4.78, 5) is 0. The molecule has 0 aromatic rings. The fourth-order valence-electron chi connectivity index (χ4n) is 2.46. The third-order valence-electron chi connectivity index (χ3n) is 3.47. The van der Waals surface area contributed by atoms with Crippen molar-refractivity contribution >= 4 is 9.84 Å². The molecule has 16 heavy (non-hydrogen) atoms. The first kappa shape index (κ1) is 13.9. The largest absolute Gasteiger partial charge is 0.396 e. The number of rotatable bonds is 5. The van der Waals surface area contributed by atoms with E-state index in [1.54, 1.807) is 0 Å². The highest BCUT2D eigenvalue weighted by Crippen LogP contribution is 2.31. The molecule has 1 rings (SSSR count). The van der Waals surface area contributed by atoms with Gasteiger partial charge < -0.3 is 10.2 Å². The van der Waals surface area contributed by atoms with Crippen LogP contribution in [0.4, 0.5) is 0 Å². The molecule has 0 aromatic heterocycles. The van der Waals surface area contributed by atoms with Crippen LogP contribution in [0.3, 0.4) is 0 Å². The van der Waals surface area contributed by atoms with Gasteiger partial charge in [0.1, 0.15) is 9.84 Å². The summed E-state index contributed by atoms with van der Waals surface area (Å²) in [6, 6.07) is 0. The van der Waals surface area contributed by atoms with Gasteiger partial charge in [0.2, 0.25) is 0 Å². The van der Waals surface area contributed by atoms with Crippen molar-refractivity contribution in [2.75, 3.05) is 12.9 Å². The average molecular weight is 250 g/mol. The fraction of sp³-hybridized carbons (Fsp3) is 1.00. The molecular weight excluding hydrogens is 228 g/mol. The van der Waals surface area contributed by atoms with Crippen LogP contribution in [0.25, 0.3) is 0 Å². The van der Waals surface area contributed by atoms with E-state index in [0.717, 1.165) is 19.3 Å². The second kappa shape index (κ2) is 5.98. The molecule has 0 aromatic carbocycles. The third-order valence-corrected chi connectivity index (χ3v) is 5.11. The lowest BCUT2D eigenvalue weighted by Crippen LogP contribution is -2.33. The molecule has 0 radical (unpaired) electrons. The lowest BCUT2D eigenvalue weighted by atomic mass is 9.83. The van der Waals surface area contributed by atoms with Crippen molar-refractivity contribution in [1.29, 1.82) is 0 Å². The summed E-state index contributed by atoms with van der Waals surface area (Å²) in [6.07, 6.45) is 5.04. The van der Waals surface area contributed by atoms with E-state index in [0.29, 0.717) is 19.3 Å². The molecule has 2 N–H and O–H groups in total. The van der Waals surface area contributed by atoms with Crippen LogP contribution in [0.1, 0.15) is 38.5 Å². The van der Waals surface area contributed by atoms with E-state index in [2.05, 4.69) is 0 Å². The Balaban J connectivity index is 2.50. The molecule has 96 valence electrons. The standard InChI is InChI=1S/C11H22O4S/c1-16(14,15)10-5-2-4-9(8-10)11(13)6-3-7-12/h9-13H,2-8H2,1H3. The quantitative estimate of drug-likeness (QED) is 0.754. The molecule has 0 heterocycles. The molecule has 4 nitrogen and oxygen atoms in total. The van der Waals surface area contributed by atoms with E-state index in [9.17, 15) is 13.5 Å². The zero-order valence-electron chi connectivity index (χ0n) is 9.80. The second-order valence-electron chi connectivity index (χ2n) is 4.81. The molecule has 0 amide bonds. The Labute approximate surface area is 97.6 Å². The van der Waals surface area contributed by atoms with Crippen molar-refractivity contribution in [3.05, 3.63) is 0 Å². The van der Waals surface area contributed by atoms with Crippen LogP contribution in [-0.4, -0.2) is 42.8 Å². The van der Waals surface area contributed by atoms with E-state index in [1.807, 2.05) is 0 Å². The summed E-state index contributed by atoms with van der Waals surface area (Å²) in [6.45, 7) is 0.0826. The number of aliphatic hydroxyl groups excluding tert-OH is 2. The van der Waals surface area contributed by atoms with E-state index >= 15 is 0 Å². The highest BCUT2D eigenvalue weighted by Gasteiger charge is 2.31. The Hall–Kier alpha value is -0.130. The third kappa shape index (κ3) is 4.03. The van der Waals surface area contributed by atoms with Gasteiger partial charge in [0, 0.05) is 12.9 Å². The molecule has 1 fully saturated rings. The first-order valence-electron chi connectivity index (χ1n) is 5.93. The van der Waals surface area contributed by atoms with Crippen molar-refractivity contribution in [3.63, 3.8) is 0 Å². The molecule has 1 aliphatic carbocycles. The van der Waals surface area contributed by atoms with Crippen molar-refractivity contribution in [3.8, 4) is 0 Å². The minimum atomic E-state index is -2.97. The van der Waals surface area contributed by atoms with E-state index in [-0.39, 0.29) is 17.8 Å². The van der Waals surface area contributed by atoms with E-state index in [4.69, 9.17) is 5.11 Å². The lowest BCUT2D eigenvalue weighted by Gasteiger charge is -2.31. The number of aliphatic hydroxyl groups is 2. The van der Waals surface area contributed by atoms with Crippen molar-refractivity contribution in [1.82, 2.24) is 0 Å². The molecule has 0 saturated heterocycles. The predicted octanol–water partition coefficient (Wildman–Crippen LogP) is 0.723. The van der Waals surface area contributed by atoms with Crippen LogP contribution in [0.2, 0.25) is 0 Å². The van der Waals surface area contributed by atoms with E-state index < -0.39 is 15.9 Å². The van der Waals surface area contributed by atoms with Crippen LogP contribution in [-0.2, 0) is 9.84 Å². The Kier molecular flexibility index (Phi) is 5.21. The van der Waals surface area contributed by atoms with Crippen molar-refractivity contribution in [2.45, 2.75) is 49.9 Å². The van der Waals surface area contributed by atoms with Crippen LogP contribution in [0.5, 0.6) is 0 Å². The SMILES string of the molecule is CS(=O)(=O)C1CCCC(C(O)CCCO)C1. The van der Waals surface area contributed by atoms with Gasteiger partial charge in [-0.05, 0) is 38.0 Å². The minimum absolute atomic E-state index is 0.0826. The summed E-state index contributed by atoms with van der Waals surface area (Å²) in [7, 11) is -2.97. The maximum Gasteiger partial charge on any atom is 0.150 e. The van der Waals surface area contributed by atoms with Crippen LogP contribution >= 0.6 is 0 Å². The first-order chi connectivity index (χ1) is 7.45. The summed E-state index contributed by atoms with van der Waals surface area (Å²) in [5.41, 5.74) is 0. The van der Waals surface area contributed by atoms with Gasteiger partial charge in [-0.1, -0.05) is 6.42 Å². The number of hydrogen-bond acceptors (Lipinski definition) is 4. The maximum atomic E-state index is 11.4. The zero-order chi connectivity index (χ0) is 12.2. The summed E-state index contributed by atoms with van der Waals surface area (Å²) in [5.74, 6) is 0.0834. The molecule has 0 aliphatic heterocycles. The van der Waals surface area contributed by atoms with Gasteiger partial charge >= 0.3 is 0 Å². The summed E-state index contributed by atoms with van der Waals surface area (Å²) in [5, 5.41) is 18.3. The molecule has 1 aliphatic rings. The highest BCUT2D eigenvalue weighted by molar-refractivity contribution is 7.91. The summed E-state index contributed by atoms with van der Waals surface area (Å²) < 4.78 is 22.9. The Morgan fingerprint density at radius 2 is 2.06 bits per heavy atom. The topological polar surface area (TPSA) is 74.6 Å². The second-order valence-corrected chi connectivity index (χ2v) is 7.14. The molecular formula is C11H22O4S. The maximum absolute atomic E-state index is 11.4. The monoisotopic (exact) mass is 250 g/mol. The molecule has 3 atom stereocenters. The highest BCUT2D eigenvalue weighted by atomic mass is 32.2. The molecule has 0 spiro atoms. The predicted molar refractivity (Wildman–Crippen MR) is 62.9 cm³/mol. The Morgan fingerprint density at radius 1 is 1.38 bits per heavy atom. The Bertz CT molecular complexity index is 299. The van der Waals surface area contributed by atoms with Gasteiger partial charge in [-0.25, -0.2) is 8.42 Å². The fourth-order valence-corrected chi connectivity index (χ4v) is 3.65. The number of sulfone groups is 1. The minimum Gasteiger partial charge on any atom is -0.396 e. The smallest absolute Gasteiger partial charge is 0.150 e. The van der Waals surface area contributed by atoms with Gasteiger partial charge in [-0.15, -0.1) is 0 Å². The molecule has 5 heteroatoms. The van der Waals surface area contributed by atoms with Gasteiger partial charge in [0.25, 0.3) is 0 Å². The van der Waals surface area contributed by atoms with Crippen molar-refractivity contribution < 1.29 is 18.6 Å². The molecule has 1 saturated carbocycles. The van der Waals surface area contributed by atoms with Gasteiger partial charge in [0.05, 0.1) is 11.4 Å². The Morgan fingerprint density at radius 3 is 2.62 bits per heavy atom. The molecule has 3 unspecified atom stereocenters. The first-order valence-corrected chi connectivity index (χ1v) is 7.88. The van der Waals surface area contributed by atoms with Gasteiger partial charge in [-0.3, -0.25) is 0 Å². The van der Waals surface area contributed by atoms with Crippen LogP contribution in [0.15, 0.2) is 0 Å². The average Bonchev–Trinajstić information content (AvgIpc) is 2.25. The van der Waals surface area contributed by atoms with Crippen LogP contribution < -0.4 is 0 Å². The van der Waals surface area contributed by atoms with Crippen LogP contribution in [0, 0.1) is 5.92 Å². The van der Waals surface area contributed by atoms with Gasteiger partial charge in [0.15, 0.2) is 0 Å². The molecule has 0 bridgehead atoms. The summed E-state index contributed by atoms with van der Waals surface area (Å²) >= 11 is 0. The van der Waals surface area contributed by atoms with E-state index in [1.165, 1.54) is 6.26 Å². The number of hydrogen-bond donors (Lipinski definition) is 2. The zero-order valence-corrected chi connectivity index (χ0v) is 10.6. The lowest BCUT2D eigenvalue weighted by molar-refractivity contribution is 0.0712.